The maximum Gasteiger partial charge on any atom is 0.317 e. The molecular weight excluding hydrogens is 262 g/mol. The van der Waals surface area contributed by atoms with E-state index in [0.717, 1.165) is 19.3 Å². The quantitative estimate of drug-likeness (QED) is 0.585. The highest BCUT2D eigenvalue weighted by molar-refractivity contribution is 5.73. The number of unbranched alkanes of at least 4 members (excludes halogenated alkanes) is 3. The standard InChI is InChI=1S/C12H21N5O3/c1-17(8-10-14-9-15-16-10)12(20)13-7-5-3-2-4-6-11(18)19/h9H,2-8H2,1H3,(H,13,20)(H,18,19)(H,14,15,16). The van der Waals surface area contributed by atoms with Gasteiger partial charge < -0.3 is 15.3 Å². The molecular formula is C12H21N5O3. The number of amides is 2. The smallest absolute Gasteiger partial charge is 0.317 e. The van der Waals surface area contributed by atoms with E-state index in [9.17, 15) is 9.59 Å². The van der Waals surface area contributed by atoms with E-state index in [1.807, 2.05) is 0 Å². The van der Waals surface area contributed by atoms with Crippen LogP contribution < -0.4 is 5.32 Å². The molecule has 0 aromatic carbocycles. The lowest BCUT2D eigenvalue weighted by Crippen LogP contribution is -2.37. The van der Waals surface area contributed by atoms with Gasteiger partial charge in [-0.15, -0.1) is 0 Å². The summed E-state index contributed by atoms with van der Waals surface area (Å²) in [7, 11) is 1.69. The third-order valence-electron chi connectivity index (χ3n) is 2.79. The van der Waals surface area contributed by atoms with Gasteiger partial charge in [0.2, 0.25) is 0 Å². The summed E-state index contributed by atoms with van der Waals surface area (Å²) < 4.78 is 0. The molecule has 2 amide bonds. The molecule has 20 heavy (non-hydrogen) atoms. The van der Waals surface area contributed by atoms with Gasteiger partial charge in [-0.2, -0.15) is 5.10 Å². The summed E-state index contributed by atoms with van der Waals surface area (Å²) in [4.78, 5) is 27.5. The van der Waals surface area contributed by atoms with Crippen LogP contribution in [0.3, 0.4) is 0 Å². The number of aliphatic carboxylic acids is 1. The molecule has 0 unspecified atom stereocenters. The number of hydrogen-bond donors (Lipinski definition) is 3. The molecule has 0 radical (unpaired) electrons. The second-order valence-electron chi connectivity index (χ2n) is 4.58. The van der Waals surface area contributed by atoms with Crippen molar-refractivity contribution in [1.29, 1.82) is 0 Å². The van der Waals surface area contributed by atoms with E-state index in [2.05, 4.69) is 20.5 Å². The van der Waals surface area contributed by atoms with E-state index >= 15 is 0 Å². The number of nitrogens with zero attached hydrogens (tertiary/aromatic N) is 3. The summed E-state index contributed by atoms with van der Waals surface area (Å²) in [6.45, 7) is 0.969. The summed E-state index contributed by atoms with van der Waals surface area (Å²) in [6.07, 6.45) is 4.94. The number of carboxylic acid groups (broad SMARTS) is 1. The predicted molar refractivity (Wildman–Crippen MR) is 72.0 cm³/mol. The minimum Gasteiger partial charge on any atom is -0.481 e. The summed E-state index contributed by atoms with van der Waals surface area (Å²) in [6, 6.07) is -0.160. The molecule has 0 atom stereocenters. The highest BCUT2D eigenvalue weighted by atomic mass is 16.4. The topological polar surface area (TPSA) is 111 Å². The van der Waals surface area contributed by atoms with Crippen LogP contribution >= 0.6 is 0 Å². The van der Waals surface area contributed by atoms with Crippen LogP contribution in [0.4, 0.5) is 4.79 Å². The Kier molecular flexibility index (Phi) is 7.08. The first-order valence-electron chi connectivity index (χ1n) is 6.64. The van der Waals surface area contributed by atoms with Gasteiger partial charge in [0.05, 0.1) is 6.54 Å². The number of nitrogens with one attached hydrogen (secondary N) is 2. The molecule has 8 nitrogen and oxygen atoms in total. The van der Waals surface area contributed by atoms with Gasteiger partial charge in [-0.25, -0.2) is 9.78 Å². The van der Waals surface area contributed by atoms with E-state index in [1.165, 1.54) is 11.2 Å². The van der Waals surface area contributed by atoms with Crippen molar-refractivity contribution in [2.45, 2.75) is 38.6 Å². The Morgan fingerprint density at radius 2 is 2.10 bits per heavy atom. The van der Waals surface area contributed by atoms with E-state index in [1.54, 1.807) is 7.05 Å². The minimum absolute atomic E-state index is 0.160. The number of aromatic amines is 1. The van der Waals surface area contributed by atoms with Crippen LogP contribution in [-0.4, -0.2) is 50.8 Å². The molecule has 3 N–H and O–H groups in total. The molecule has 0 spiro atoms. The fourth-order valence-electron chi connectivity index (χ4n) is 1.69. The van der Waals surface area contributed by atoms with Crippen LogP contribution in [0.5, 0.6) is 0 Å². The monoisotopic (exact) mass is 283 g/mol. The first-order valence-corrected chi connectivity index (χ1v) is 6.64. The van der Waals surface area contributed by atoms with Gasteiger partial charge in [0.25, 0.3) is 0 Å². The Morgan fingerprint density at radius 1 is 1.35 bits per heavy atom. The van der Waals surface area contributed by atoms with Crippen LogP contribution in [0, 0.1) is 0 Å². The number of urea groups is 1. The zero-order valence-electron chi connectivity index (χ0n) is 11.6. The lowest BCUT2D eigenvalue weighted by Gasteiger charge is -2.16. The third kappa shape index (κ3) is 6.72. The number of aromatic nitrogens is 3. The first-order chi connectivity index (χ1) is 9.59. The van der Waals surface area contributed by atoms with Crippen LogP contribution in [0.25, 0.3) is 0 Å². The Hall–Kier alpha value is -2.12. The SMILES string of the molecule is CN(Cc1ncn[nH]1)C(=O)NCCCCCCC(=O)O. The summed E-state index contributed by atoms with van der Waals surface area (Å²) >= 11 is 0. The summed E-state index contributed by atoms with van der Waals surface area (Å²) in [5.74, 6) is -0.122. The molecule has 0 bridgehead atoms. The zero-order valence-corrected chi connectivity index (χ0v) is 11.6. The number of hydrogen-bond acceptors (Lipinski definition) is 4. The average Bonchev–Trinajstić information content (AvgIpc) is 2.89. The Morgan fingerprint density at radius 3 is 2.75 bits per heavy atom. The van der Waals surface area contributed by atoms with Crippen molar-refractivity contribution in [3.05, 3.63) is 12.2 Å². The molecule has 1 rings (SSSR count). The number of carboxylic acids is 1. The molecule has 8 heteroatoms. The fourth-order valence-corrected chi connectivity index (χ4v) is 1.69. The van der Waals surface area contributed by atoms with Gasteiger partial charge in [-0.3, -0.25) is 9.89 Å². The van der Waals surface area contributed by atoms with Gasteiger partial charge in [0.1, 0.15) is 12.2 Å². The third-order valence-corrected chi connectivity index (χ3v) is 2.79. The maximum absolute atomic E-state index is 11.7. The molecule has 112 valence electrons. The fraction of sp³-hybridized carbons (Fsp3) is 0.667. The van der Waals surface area contributed by atoms with Gasteiger partial charge >= 0.3 is 12.0 Å². The second kappa shape index (κ2) is 8.89. The first kappa shape index (κ1) is 15.9. The van der Waals surface area contributed by atoms with Crippen LogP contribution in [0.1, 0.15) is 37.9 Å². The number of carbonyl (C=O) groups excluding carboxylic acids is 1. The molecule has 0 aliphatic carbocycles. The van der Waals surface area contributed by atoms with E-state index < -0.39 is 5.97 Å². The van der Waals surface area contributed by atoms with E-state index in [0.29, 0.717) is 25.3 Å². The molecule has 0 aliphatic rings. The van der Waals surface area contributed by atoms with Gasteiger partial charge in [0.15, 0.2) is 0 Å². The molecule has 1 aromatic heterocycles. The van der Waals surface area contributed by atoms with Crippen LogP contribution in [0.15, 0.2) is 6.33 Å². The average molecular weight is 283 g/mol. The molecule has 1 aromatic rings. The molecule has 1 heterocycles. The molecule has 0 saturated heterocycles. The number of rotatable bonds is 9. The second-order valence-corrected chi connectivity index (χ2v) is 4.58. The largest absolute Gasteiger partial charge is 0.481 e. The highest BCUT2D eigenvalue weighted by Gasteiger charge is 2.09. The Balaban J connectivity index is 2.03. The normalized spacial score (nSPS) is 10.2. The number of H-pyrrole nitrogens is 1. The molecule has 0 fully saturated rings. The zero-order chi connectivity index (χ0) is 14.8. The maximum atomic E-state index is 11.7. The van der Waals surface area contributed by atoms with Crippen molar-refractivity contribution in [2.24, 2.45) is 0 Å². The van der Waals surface area contributed by atoms with Gasteiger partial charge in [-0.1, -0.05) is 12.8 Å². The van der Waals surface area contributed by atoms with E-state index in [-0.39, 0.29) is 12.5 Å². The van der Waals surface area contributed by atoms with Crippen molar-refractivity contribution in [3.8, 4) is 0 Å². The van der Waals surface area contributed by atoms with Gasteiger partial charge in [-0.05, 0) is 12.8 Å². The van der Waals surface area contributed by atoms with Crippen molar-refractivity contribution >= 4 is 12.0 Å². The molecule has 0 saturated carbocycles. The van der Waals surface area contributed by atoms with Crippen molar-refractivity contribution in [2.75, 3.05) is 13.6 Å². The van der Waals surface area contributed by atoms with Crippen molar-refractivity contribution in [1.82, 2.24) is 25.4 Å². The van der Waals surface area contributed by atoms with Crippen LogP contribution in [0.2, 0.25) is 0 Å². The lowest BCUT2D eigenvalue weighted by molar-refractivity contribution is -0.137. The highest BCUT2D eigenvalue weighted by Crippen LogP contribution is 2.02. The van der Waals surface area contributed by atoms with Crippen LogP contribution in [-0.2, 0) is 11.3 Å². The summed E-state index contributed by atoms with van der Waals surface area (Å²) in [5.41, 5.74) is 0. The Labute approximate surface area is 117 Å². The molecule has 0 aliphatic heterocycles. The Bertz CT molecular complexity index is 407. The van der Waals surface area contributed by atoms with Crippen molar-refractivity contribution < 1.29 is 14.7 Å². The minimum atomic E-state index is -0.757. The van der Waals surface area contributed by atoms with E-state index in [4.69, 9.17) is 5.11 Å². The predicted octanol–water partition coefficient (Wildman–Crippen LogP) is 0.981. The van der Waals surface area contributed by atoms with Crippen molar-refractivity contribution in [3.63, 3.8) is 0 Å². The number of carbonyl (C=O) groups is 2. The lowest BCUT2D eigenvalue weighted by atomic mass is 10.1. The van der Waals surface area contributed by atoms with Gasteiger partial charge in [0, 0.05) is 20.0 Å². The summed E-state index contributed by atoms with van der Waals surface area (Å²) in [5, 5.41) is 17.7.